The van der Waals surface area contributed by atoms with Crippen molar-refractivity contribution in [1.29, 1.82) is 0 Å². The van der Waals surface area contributed by atoms with Crippen molar-refractivity contribution in [3.8, 4) is 5.75 Å². The minimum absolute atomic E-state index is 0.0207. The van der Waals surface area contributed by atoms with Gasteiger partial charge in [-0.15, -0.1) is 0 Å². The molecule has 3 rings (SSSR count). The highest BCUT2D eigenvalue weighted by molar-refractivity contribution is 14.1. The van der Waals surface area contributed by atoms with Gasteiger partial charge >= 0.3 is 0 Å². The fraction of sp³-hybridized carbons (Fsp3) is 0.409. The Balaban J connectivity index is 1.52. The number of carbonyl (C=O) groups excluding carboxylic acids is 1. The van der Waals surface area contributed by atoms with E-state index in [1.807, 2.05) is 24.3 Å². The monoisotopic (exact) mass is 463 g/mol. The third-order valence-electron chi connectivity index (χ3n) is 5.05. The maximum absolute atomic E-state index is 12.2. The van der Waals surface area contributed by atoms with Gasteiger partial charge in [0.2, 0.25) is 0 Å². The molecule has 0 spiro atoms. The molecule has 2 aromatic rings. The Morgan fingerprint density at radius 2 is 1.69 bits per heavy atom. The summed E-state index contributed by atoms with van der Waals surface area (Å²) in [5.41, 5.74) is 4.55. The number of hydrogen-bond donors (Lipinski definition) is 1. The third kappa shape index (κ3) is 5.00. The molecular weight excluding hydrogens is 437 g/mol. The Morgan fingerprint density at radius 3 is 2.31 bits per heavy atom. The zero-order chi connectivity index (χ0) is 18.5. The lowest BCUT2D eigenvalue weighted by atomic mass is 9.84. The molecule has 0 bridgehead atoms. The summed E-state index contributed by atoms with van der Waals surface area (Å²) in [5, 5.41) is 2.92. The quantitative estimate of drug-likeness (QED) is 0.555. The first-order valence-electron chi connectivity index (χ1n) is 9.32. The van der Waals surface area contributed by atoms with Gasteiger partial charge in [-0.3, -0.25) is 4.79 Å². The molecule has 138 valence electrons. The summed E-state index contributed by atoms with van der Waals surface area (Å²) in [6.45, 7) is 4.12. The molecule has 1 aliphatic rings. The maximum atomic E-state index is 12.2. The van der Waals surface area contributed by atoms with Crippen LogP contribution in [0.1, 0.15) is 54.7 Å². The molecule has 3 nitrogen and oxygen atoms in total. The van der Waals surface area contributed by atoms with E-state index < -0.39 is 0 Å². The average molecular weight is 463 g/mol. The number of halogens is 1. The molecule has 4 heteroatoms. The molecule has 1 N–H and O–H groups in total. The van der Waals surface area contributed by atoms with Crippen LogP contribution in [0.25, 0.3) is 0 Å². The van der Waals surface area contributed by atoms with Crippen LogP contribution in [0.3, 0.4) is 0 Å². The maximum Gasteiger partial charge on any atom is 0.262 e. The van der Waals surface area contributed by atoms with Crippen LogP contribution < -0.4 is 10.1 Å². The normalized spacial score (nSPS) is 14.9. The van der Waals surface area contributed by atoms with Crippen molar-refractivity contribution in [2.24, 2.45) is 0 Å². The summed E-state index contributed by atoms with van der Waals surface area (Å²) in [6, 6.07) is 12.2. The van der Waals surface area contributed by atoms with Crippen molar-refractivity contribution in [2.75, 3.05) is 11.9 Å². The van der Waals surface area contributed by atoms with E-state index in [9.17, 15) is 4.79 Å². The van der Waals surface area contributed by atoms with Crippen molar-refractivity contribution in [2.45, 2.75) is 51.9 Å². The molecule has 26 heavy (non-hydrogen) atoms. The Morgan fingerprint density at radius 1 is 1.08 bits per heavy atom. The number of rotatable bonds is 5. The molecule has 0 saturated heterocycles. The Kier molecular flexibility index (Phi) is 6.57. The van der Waals surface area contributed by atoms with Crippen molar-refractivity contribution in [3.63, 3.8) is 0 Å². The van der Waals surface area contributed by atoms with Crippen LogP contribution in [0.15, 0.2) is 36.4 Å². The van der Waals surface area contributed by atoms with E-state index in [0.717, 1.165) is 11.4 Å². The van der Waals surface area contributed by atoms with E-state index in [1.54, 1.807) is 0 Å². The van der Waals surface area contributed by atoms with Gasteiger partial charge in [0, 0.05) is 9.26 Å². The molecule has 0 aromatic heterocycles. The highest BCUT2D eigenvalue weighted by atomic mass is 127. The van der Waals surface area contributed by atoms with Gasteiger partial charge in [0.25, 0.3) is 5.91 Å². The van der Waals surface area contributed by atoms with Gasteiger partial charge in [-0.2, -0.15) is 0 Å². The number of amides is 1. The minimum Gasteiger partial charge on any atom is -0.484 e. The Labute approximate surface area is 169 Å². The fourth-order valence-corrected chi connectivity index (χ4v) is 3.95. The average Bonchev–Trinajstić information content (AvgIpc) is 2.65. The number of nitrogens with one attached hydrogen (secondary N) is 1. The first-order chi connectivity index (χ1) is 12.5. The van der Waals surface area contributed by atoms with Crippen LogP contribution in [-0.2, 0) is 4.79 Å². The number of anilines is 1. The number of ether oxygens (including phenoxy) is 1. The van der Waals surface area contributed by atoms with E-state index in [0.29, 0.717) is 5.92 Å². The summed E-state index contributed by atoms with van der Waals surface area (Å²) in [6.07, 6.45) is 6.61. The van der Waals surface area contributed by atoms with E-state index in [2.05, 4.69) is 53.9 Å². The van der Waals surface area contributed by atoms with Gasteiger partial charge in [-0.05, 0) is 96.2 Å². The van der Waals surface area contributed by atoms with E-state index >= 15 is 0 Å². The van der Waals surface area contributed by atoms with E-state index in [1.165, 1.54) is 52.4 Å². The summed E-state index contributed by atoms with van der Waals surface area (Å²) in [4.78, 5) is 12.2. The molecular formula is C22H26INO2. The van der Waals surface area contributed by atoms with Crippen LogP contribution in [0.5, 0.6) is 5.75 Å². The Bertz CT molecular complexity index is 741. The molecule has 1 saturated carbocycles. The number of carbonyl (C=O) groups is 1. The lowest BCUT2D eigenvalue weighted by Gasteiger charge is -2.22. The number of aryl methyl sites for hydroxylation is 2. The van der Waals surface area contributed by atoms with E-state index in [-0.39, 0.29) is 12.5 Å². The SMILES string of the molecule is Cc1cc(NC(=O)COc2ccc(C3CCCCC3)cc2)cc(C)c1I. The molecule has 0 atom stereocenters. The molecule has 1 amide bonds. The molecule has 1 fully saturated rings. The number of hydrogen-bond acceptors (Lipinski definition) is 2. The topological polar surface area (TPSA) is 38.3 Å². The van der Waals surface area contributed by atoms with Crippen LogP contribution >= 0.6 is 22.6 Å². The molecule has 1 aliphatic carbocycles. The predicted octanol–water partition coefficient (Wildman–Crippen LogP) is 5.97. The highest BCUT2D eigenvalue weighted by Crippen LogP contribution is 2.33. The smallest absolute Gasteiger partial charge is 0.262 e. The minimum atomic E-state index is -0.138. The second-order valence-electron chi connectivity index (χ2n) is 7.16. The van der Waals surface area contributed by atoms with Crippen LogP contribution in [0, 0.1) is 17.4 Å². The van der Waals surface area contributed by atoms with Crippen LogP contribution in [-0.4, -0.2) is 12.5 Å². The lowest BCUT2D eigenvalue weighted by Crippen LogP contribution is -2.20. The van der Waals surface area contributed by atoms with Crippen LogP contribution in [0.4, 0.5) is 5.69 Å². The second kappa shape index (κ2) is 8.89. The molecule has 0 unspecified atom stereocenters. The first kappa shape index (κ1) is 19.2. The van der Waals surface area contributed by atoms with Crippen molar-refractivity contribution >= 4 is 34.2 Å². The zero-order valence-corrected chi connectivity index (χ0v) is 17.6. The fourth-order valence-electron chi connectivity index (χ4n) is 3.64. The first-order valence-corrected chi connectivity index (χ1v) is 10.4. The van der Waals surface area contributed by atoms with Gasteiger partial charge in [0.15, 0.2) is 6.61 Å². The molecule has 0 heterocycles. The van der Waals surface area contributed by atoms with Crippen molar-refractivity contribution < 1.29 is 9.53 Å². The molecule has 2 aromatic carbocycles. The van der Waals surface area contributed by atoms with Gasteiger partial charge < -0.3 is 10.1 Å². The van der Waals surface area contributed by atoms with Crippen LogP contribution in [0.2, 0.25) is 0 Å². The second-order valence-corrected chi connectivity index (χ2v) is 8.24. The third-order valence-corrected chi connectivity index (χ3v) is 6.75. The highest BCUT2D eigenvalue weighted by Gasteiger charge is 2.15. The standard InChI is InChI=1S/C22H26INO2/c1-15-12-19(13-16(2)22(15)23)24-21(25)14-26-20-10-8-18(9-11-20)17-6-4-3-5-7-17/h8-13,17H,3-7,14H2,1-2H3,(H,24,25). The Hall–Kier alpha value is -1.56. The lowest BCUT2D eigenvalue weighted by molar-refractivity contribution is -0.118. The van der Waals surface area contributed by atoms with E-state index in [4.69, 9.17) is 4.74 Å². The summed E-state index contributed by atoms with van der Waals surface area (Å²) >= 11 is 2.32. The summed E-state index contributed by atoms with van der Waals surface area (Å²) in [5.74, 6) is 1.30. The zero-order valence-electron chi connectivity index (χ0n) is 15.5. The van der Waals surface area contributed by atoms with Gasteiger partial charge in [0.1, 0.15) is 5.75 Å². The van der Waals surface area contributed by atoms with Crippen molar-refractivity contribution in [3.05, 3.63) is 56.7 Å². The molecule has 0 aliphatic heterocycles. The summed E-state index contributed by atoms with van der Waals surface area (Å²) in [7, 11) is 0. The largest absolute Gasteiger partial charge is 0.484 e. The van der Waals surface area contributed by atoms with Gasteiger partial charge in [-0.25, -0.2) is 0 Å². The number of benzene rings is 2. The molecule has 0 radical (unpaired) electrons. The van der Waals surface area contributed by atoms with Gasteiger partial charge in [-0.1, -0.05) is 31.4 Å². The predicted molar refractivity (Wildman–Crippen MR) is 115 cm³/mol. The summed E-state index contributed by atoms with van der Waals surface area (Å²) < 4.78 is 6.88. The van der Waals surface area contributed by atoms with Gasteiger partial charge in [0.05, 0.1) is 0 Å². The van der Waals surface area contributed by atoms with Crippen molar-refractivity contribution in [1.82, 2.24) is 0 Å².